The van der Waals surface area contributed by atoms with E-state index >= 15 is 0 Å². The Morgan fingerprint density at radius 1 is 0.920 bits per heavy atom. The van der Waals surface area contributed by atoms with Gasteiger partial charge in [-0.2, -0.15) is 0 Å². The SMILES string of the molecule is COc1ccc(-c2ccc(SCc3ccc(Cl)cc3)nn2)c(OC)c1. The molecular formula is C19H17ClN2O2S. The molecule has 0 aliphatic carbocycles. The molecule has 0 bridgehead atoms. The smallest absolute Gasteiger partial charge is 0.132 e. The number of ether oxygens (including phenoxy) is 2. The van der Waals surface area contributed by atoms with Crippen LogP contribution in [0, 0.1) is 0 Å². The van der Waals surface area contributed by atoms with E-state index in [-0.39, 0.29) is 0 Å². The summed E-state index contributed by atoms with van der Waals surface area (Å²) in [5.41, 5.74) is 2.83. The minimum Gasteiger partial charge on any atom is -0.497 e. The second-order valence-electron chi connectivity index (χ2n) is 5.24. The Morgan fingerprint density at radius 2 is 1.72 bits per heavy atom. The molecule has 0 radical (unpaired) electrons. The zero-order chi connectivity index (χ0) is 17.6. The number of hydrogen-bond donors (Lipinski definition) is 0. The second kappa shape index (κ2) is 8.23. The van der Waals surface area contributed by atoms with Crippen LogP contribution in [-0.4, -0.2) is 24.4 Å². The number of rotatable bonds is 6. The number of halogens is 1. The zero-order valence-corrected chi connectivity index (χ0v) is 15.5. The van der Waals surface area contributed by atoms with Crippen molar-refractivity contribution in [3.8, 4) is 22.8 Å². The molecule has 25 heavy (non-hydrogen) atoms. The molecule has 0 N–H and O–H groups in total. The molecule has 0 aliphatic rings. The Bertz CT molecular complexity index is 839. The number of methoxy groups -OCH3 is 2. The summed E-state index contributed by atoms with van der Waals surface area (Å²) in [5, 5.41) is 10.2. The third-order valence-corrected chi connectivity index (χ3v) is 4.87. The van der Waals surface area contributed by atoms with Crippen LogP contribution in [-0.2, 0) is 5.75 Å². The van der Waals surface area contributed by atoms with Gasteiger partial charge in [0.05, 0.1) is 19.9 Å². The molecule has 0 fully saturated rings. The van der Waals surface area contributed by atoms with E-state index in [1.54, 1.807) is 26.0 Å². The lowest BCUT2D eigenvalue weighted by molar-refractivity contribution is 0.395. The van der Waals surface area contributed by atoms with Crippen LogP contribution in [0.3, 0.4) is 0 Å². The van der Waals surface area contributed by atoms with Crippen molar-refractivity contribution in [2.75, 3.05) is 14.2 Å². The molecule has 3 aromatic rings. The minimum absolute atomic E-state index is 0.704. The highest BCUT2D eigenvalue weighted by atomic mass is 35.5. The molecule has 0 atom stereocenters. The van der Waals surface area contributed by atoms with Crippen molar-refractivity contribution >= 4 is 23.4 Å². The van der Waals surface area contributed by atoms with E-state index in [4.69, 9.17) is 21.1 Å². The standard InChI is InChI=1S/C19H17ClN2O2S/c1-23-15-7-8-16(18(11-15)24-2)17-9-10-19(22-21-17)25-12-13-3-5-14(20)6-4-13/h3-11H,12H2,1-2H3. The number of benzene rings is 2. The van der Waals surface area contributed by atoms with E-state index in [1.807, 2.05) is 54.6 Å². The summed E-state index contributed by atoms with van der Waals surface area (Å²) in [6, 6.07) is 17.3. The van der Waals surface area contributed by atoms with Gasteiger partial charge in [0.15, 0.2) is 0 Å². The average molecular weight is 373 g/mol. The summed E-state index contributed by atoms with van der Waals surface area (Å²) in [7, 11) is 3.25. The predicted molar refractivity (Wildman–Crippen MR) is 102 cm³/mol. The maximum Gasteiger partial charge on any atom is 0.132 e. The first-order valence-electron chi connectivity index (χ1n) is 7.63. The molecule has 0 saturated heterocycles. The quantitative estimate of drug-likeness (QED) is 0.563. The van der Waals surface area contributed by atoms with Crippen LogP contribution in [0.1, 0.15) is 5.56 Å². The Kier molecular flexibility index (Phi) is 5.79. The van der Waals surface area contributed by atoms with Gasteiger partial charge < -0.3 is 9.47 Å². The molecule has 0 spiro atoms. The van der Waals surface area contributed by atoms with E-state index in [0.717, 1.165) is 32.8 Å². The Hall–Kier alpha value is -2.24. The van der Waals surface area contributed by atoms with Gasteiger partial charge in [-0.25, -0.2) is 0 Å². The van der Waals surface area contributed by atoms with Gasteiger partial charge in [0, 0.05) is 22.4 Å². The first kappa shape index (κ1) is 17.6. The maximum atomic E-state index is 5.90. The van der Waals surface area contributed by atoms with Gasteiger partial charge in [0.1, 0.15) is 16.5 Å². The number of aromatic nitrogens is 2. The first-order valence-corrected chi connectivity index (χ1v) is 8.99. The third kappa shape index (κ3) is 4.44. The molecule has 0 aliphatic heterocycles. The lowest BCUT2D eigenvalue weighted by atomic mass is 10.1. The Morgan fingerprint density at radius 3 is 2.36 bits per heavy atom. The van der Waals surface area contributed by atoms with Crippen LogP contribution >= 0.6 is 23.4 Å². The molecule has 4 nitrogen and oxygen atoms in total. The van der Waals surface area contributed by atoms with Crippen LogP contribution in [0.2, 0.25) is 5.02 Å². The lowest BCUT2D eigenvalue weighted by Crippen LogP contribution is -1.94. The van der Waals surface area contributed by atoms with Crippen molar-refractivity contribution < 1.29 is 9.47 Å². The number of hydrogen-bond acceptors (Lipinski definition) is 5. The van der Waals surface area contributed by atoms with Crippen molar-refractivity contribution in [1.29, 1.82) is 0 Å². The summed E-state index contributed by atoms with van der Waals surface area (Å²) >= 11 is 7.53. The number of nitrogens with zero attached hydrogens (tertiary/aromatic N) is 2. The fourth-order valence-electron chi connectivity index (χ4n) is 2.29. The highest BCUT2D eigenvalue weighted by molar-refractivity contribution is 7.98. The average Bonchev–Trinajstić information content (AvgIpc) is 2.67. The topological polar surface area (TPSA) is 44.2 Å². The number of thioether (sulfide) groups is 1. The van der Waals surface area contributed by atoms with E-state index in [9.17, 15) is 0 Å². The third-order valence-electron chi connectivity index (χ3n) is 3.62. The molecular weight excluding hydrogens is 356 g/mol. The van der Waals surface area contributed by atoms with E-state index in [0.29, 0.717) is 5.75 Å². The van der Waals surface area contributed by atoms with Gasteiger partial charge in [0.25, 0.3) is 0 Å². The van der Waals surface area contributed by atoms with Crippen molar-refractivity contribution in [2.45, 2.75) is 10.8 Å². The molecule has 1 heterocycles. The predicted octanol–water partition coefficient (Wildman–Crippen LogP) is 5.11. The molecule has 3 rings (SSSR count). The van der Waals surface area contributed by atoms with Crippen molar-refractivity contribution in [3.05, 3.63) is 65.2 Å². The lowest BCUT2D eigenvalue weighted by Gasteiger charge is -2.09. The van der Waals surface area contributed by atoms with Crippen molar-refractivity contribution in [2.24, 2.45) is 0 Å². The highest BCUT2D eigenvalue weighted by Gasteiger charge is 2.10. The molecule has 2 aromatic carbocycles. The van der Waals surface area contributed by atoms with E-state index < -0.39 is 0 Å². The minimum atomic E-state index is 0.704. The molecule has 0 amide bonds. The van der Waals surface area contributed by atoms with E-state index in [2.05, 4.69) is 10.2 Å². The monoisotopic (exact) mass is 372 g/mol. The van der Waals surface area contributed by atoms with E-state index in [1.165, 1.54) is 5.56 Å². The normalized spacial score (nSPS) is 10.5. The Labute approximate surface area is 156 Å². The summed E-state index contributed by atoms with van der Waals surface area (Å²) < 4.78 is 10.6. The van der Waals surface area contributed by atoms with Gasteiger partial charge in [-0.15, -0.1) is 10.2 Å². The first-order chi connectivity index (χ1) is 12.2. The van der Waals surface area contributed by atoms with Crippen LogP contribution in [0.25, 0.3) is 11.3 Å². The largest absolute Gasteiger partial charge is 0.497 e. The van der Waals surface area contributed by atoms with Crippen LogP contribution in [0.15, 0.2) is 59.6 Å². The molecule has 128 valence electrons. The summed E-state index contributed by atoms with van der Waals surface area (Å²) in [4.78, 5) is 0. The molecule has 0 saturated carbocycles. The zero-order valence-electron chi connectivity index (χ0n) is 13.9. The maximum absolute atomic E-state index is 5.90. The fourth-order valence-corrected chi connectivity index (χ4v) is 3.18. The van der Waals surface area contributed by atoms with Crippen LogP contribution < -0.4 is 9.47 Å². The van der Waals surface area contributed by atoms with Crippen LogP contribution in [0.5, 0.6) is 11.5 Å². The van der Waals surface area contributed by atoms with Gasteiger partial charge in [0.2, 0.25) is 0 Å². The van der Waals surface area contributed by atoms with Gasteiger partial charge in [-0.1, -0.05) is 35.5 Å². The molecule has 1 aromatic heterocycles. The van der Waals surface area contributed by atoms with Crippen molar-refractivity contribution in [1.82, 2.24) is 10.2 Å². The summed E-state index contributed by atoms with van der Waals surface area (Å²) in [5.74, 6) is 2.26. The summed E-state index contributed by atoms with van der Waals surface area (Å²) in [6.45, 7) is 0. The summed E-state index contributed by atoms with van der Waals surface area (Å²) in [6.07, 6.45) is 0. The Balaban J connectivity index is 1.72. The molecule has 6 heteroatoms. The van der Waals surface area contributed by atoms with Gasteiger partial charge in [-0.05, 0) is 42.0 Å². The van der Waals surface area contributed by atoms with Gasteiger partial charge >= 0.3 is 0 Å². The fraction of sp³-hybridized carbons (Fsp3) is 0.158. The second-order valence-corrected chi connectivity index (χ2v) is 6.67. The van der Waals surface area contributed by atoms with Crippen molar-refractivity contribution in [3.63, 3.8) is 0 Å². The highest BCUT2D eigenvalue weighted by Crippen LogP contribution is 2.32. The van der Waals surface area contributed by atoms with Gasteiger partial charge in [-0.3, -0.25) is 0 Å². The molecule has 0 unspecified atom stereocenters. The van der Waals surface area contributed by atoms with Crippen LogP contribution in [0.4, 0.5) is 0 Å².